The molecule has 0 aliphatic carbocycles. The van der Waals surface area contributed by atoms with Crippen LogP contribution in [0.4, 0.5) is 18.9 Å². The van der Waals surface area contributed by atoms with Gasteiger partial charge in [-0.2, -0.15) is 13.2 Å². The molecule has 110 valence electrons. The summed E-state index contributed by atoms with van der Waals surface area (Å²) in [5.41, 5.74) is -1.07. The van der Waals surface area contributed by atoms with Crippen LogP contribution in [0.1, 0.15) is 19.0 Å². The van der Waals surface area contributed by atoms with Crippen LogP contribution in [0.25, 0.3) is 11.3 Å². The molecule has 1 amide bonds. The van der Waals surface area contributed by atoms with Crippen molar-refractivity contribution in [1.29, 1.82) is 0 Å². The maximum Gasteiger partial charge on any atom is 0.435 e. The molecule has 0 atom stereocenters. The van der Waals surface area contributed by atoms with Gasteiger partial charge in [0.15, 0.2) is 5.69 Å². The number of nitrogens with one attached hydrogen (secondary N) is 1. The normalized spacial score (nSPS) is 11.2. The van der Waals surface area contributed by atoms with Crippen LogP contribution < -0.4 is 5.32 Å². The van der Waals surface area contributed by atoms with Gasteiger partial charge in [0.05, 0.1) is 11.4 Å². The number of nitrogens with zero attached hydrogens (tertiary/aromatic N) is 3. The third-order valence-electron chi connectivity index (χ3n) is 2.62. The average Bonchev–Trinajstić information content (AvgIpc) is 2.47. The van der Waals surface area contributed by atoms with E-state index in [9.17, 15) is 18.0 Å². The smallest absolute Gasteiger partial charge is 0.324 e. The van der Waals surface area contributed by atoms with E-state index in [-0.39, 0.29) is 17.8 Å². The van der Waals surface area contributed by atoms with Crippen molar-refractivity contribution in [2.24, 2.45) is 0 Å². The molecule has 0 unspecified atom stereocenters. The van der Waals surface area contributed by atoms with E-state index < -0.39 is 17.8 Å². The van der Waals surface area contributed by atoms with Crippen molar-refractivity contribution in [2.45, 2.75) is 19.5 Å². The predicted octanol–water partition coefficient (Wildman–Crippen LogP) is 2.91. The molecule has 0 aromatic carbocycles. The maximum absolute atomic E-state index is 13.1. The highest BCUT2D eigenvalue weighted by molar-refractivity contribution is 5.91. The molecule has 0 radical (unpaired) electrons. The quantitative estimate of drug-likeness (QED) is 0.945. The van der Waals surface area contributed by atoms with Gasteiger partial charge >= 0.3 is 6.18 Å². The van der Waals surface area contributed by atoms with Gasteiger partial charge in [0, 0.05) is 24.4 Å². The number of hydrogen-bond donors (Lipinski definition) is 1. The molecule has 0 aliphatic rings. The molecule has 1 N–H and O–H groups in total. The largest absolute Gasteiger partial charge is 0.435 e. The number of amides is 1. The van der Waals surface area contributed by atoms with Crippen LogP contribution in [0.5, 0.6) is 0 Å². The van der Waals surface area contributed by atoms with Crippen molar-refractivity contribution >= 4 is 11.6 Å². The zero-order valence-electron chi connectivity index (χ0n) is 11.0. The SMILES string of the molecule is CCC(=O)Nc1ccc(-c2cncnc2)nc1C(F)(F)F. The Hall–Kier alpha value is -2.51. The number of anilines is 1. The van der Waals surface area contributed by atoms with Crippen LogP contribution in [0.2, 0.25) is 0 Å². The molecule has 0 fully saturated rings. The molecule has 0 saturated heterocycles. The van der Waals surface area contributed by atoms with E-state index >= 15 is 0 Å². The molecule has 0 aliphatic heterocycles. The summed E-state index contributed by atoms with van der Waals surface area (Å²) in [5, 5.41) is 2.19. The van der Waals surface area contributed by atoms with Crippen LogP contribution in [-0.2, 0) is 11.0 Å². The fourth-order valence-corrected chi connectivity index (χ4v) is 1.61. The van der Waals surface area contributed by atoms with E-state index in [0.717, 1.165) is 0 Å². The lowest BCUT2D eigenvalue weighted by Crippen LogP contribution is -2.17. The van der Waals surface area contributed by atoms with E-state index in [1.165, 1.54) is 30.9 Å². The fraction of sp³-hybridized carbons (Fsp3) is 0.231. The van der Waals surface area contributed by atoms with Gasteiger partial charge in [-0.05, 0) is 12.1 Å². The van der Waals surface area contributed by atoms with Crippen LogP contribution in [-0.4, -0.2) is 20.9 Å². The maximum atomic E-state index is 13.1. The number of carbonyl (C=O) groups is 1. The topological polar surface area (TPSA) is 67.8 Å². The Morgan fingerprint density at radius 2 is 1.90 bits per heavy atom. The van der Waals surface area contributed by atoms with Gasteiger partial charge in [0.25, 0.3) is 0 Å². The molecule has 2 aromatic heterocycles. The minimum atomic E-state index is -4.68. The number of pyridine rings is 1. The summed E-state index contributed by atoms with van der Waals surface area (Å²) in [6, 6.07) is 2.55. The van der Waals surface area contributed by atoms with E-state index in [4.69, 9.17) is 0 Å². The summed E-state index contributed by atoms with van der Waals surface area (Å²) >= 11 is 0. The molecule has 21 heavy (non-hydrogen) atoms. The second-order valence-electron chi connectivity index (χ2n) is 4.12. The van der Waals surface area contributed by atoms with Gasteiger partial charge in [-0.3, -0.25) is 4.79 Å². The van der Waals surface area contributed by atoms with Crippen LogP contribution in [0.3, 0.4) is 0 Å². The second kappa shape index (κ2) is 5.86. The second-order valence-corrected chi connectivity index (χ2v) is 4.12. The van der Waals surface area contributed by atoms with E-state index in [1.807, 2.05) is 0 Å². The third-order valence-corrected chi connectivity index (χ3v) is 2.62. The van der Waals surface area contributed by atoms with Crippen LogP contribution >= 0.6 is 0 Å². The van der Waals surface area contributed by atoms with Crippen LogP contribution in [0, 0.1) is 0 Å². The lowest BCUT2D eigenvalue weighted by Gasteiger charge is -2.13. The minimum absolute atomic E-state index is 0.0750. The highest BCUT2D eigenvalue weighted by Gasteiger charge is 2.36. The Labute approximate surface area is 118 Å². The Morgan fingerprint density at radius 1 is 1.24 bits per heavy atom. The van der Waals surface area contributed by atoms with E-state index in [0.29, 0.717) is 5.56 Å². The summed E-state index contributed by atoms with van der Waals surface area (Å²) in [5.74, 6) is -0.516. The van der Waals surface area contributed by atoms with Gasteiger partial charge in [-0.25, -0.2) is 15.0 Å². The monoisotopic (exact) mass is 296 g/mol. The zero-order valence-corrected chi connectivity index (χ0v) is 11.0. The molecule has 0 saturated carbocycles. The summed E-state index contributed by atoms with van der Waals surface area (Å²) < 4.78 is 39.2. The van der Waals surface area contributed by atoms with Crippen molar-refractivity contribution in [2.75, 3.05) is 5.32 Å². The van der Waals surface area contributed by atoms with Gasteiger partial charge in [-0.15, -0.1) is 0 Å². The fourth-order valence-electron chi connectivity index (χ4n) is 1.61. The van der Waals surface area contributed by atoms with E-state index in [1.54, 1.807) is 6.92 Å². The van der Waals surface area contributed by atoms with Crippen molar-refractivity contribution in [1.82, 2.24) is 15.0 Å². The molecule has 2 rings (SSSR count). The predicted molar refractivity (Wildman–Crippen MR) is 69.2 cm³/mol. The number of aromatic nitrogens is 3. The first kappa shape index (κ1) is 14.9. The van der Waals surface area contributed by atoms with Crippen LogP contribution in [0.15, 0.2) is 30.9 Å². The Balaban J connectivity index is 2.48. The molecule has 8 heteroatoms. The molecular formula is C13H11F3N4O. The minimum Gasteiger partial charge on any atom is -0.324 e. The number of halogens is 3. The summed E-state index contributed by atoms with van der Waals surface area (Å²) in [6.07, 6.45) is -0.614. The summed E-state index contributed by atoms with van der Waals surface area (Å²) in [6.45, 7) is 1.55. The van der Waals surface area contributed by atoms with E-state index in [2.05, 4.69) is 20.3 Å². The third kappa shape index (κ3) is 3.53. The molecular weight excluding hydrogens is 285 g/mol. The lowest BCUT2D eigenvalue weighted by atomic mass is 10.2. The number of rotatable bonds is 3. The molecule has 2 heterocycles. The zero-order chi connectivity index (χ0) is 15.5. The van der Waals surface area contributed by atoms with Gasteiger partial charge in [0.2, 0.25) is 5.91 Å². The highest BCUT2D eigenvalue weighted by atomic mass is 19.4. The summed E-state index contributed by atoms with van der Waals surface area (Å²) in [4.78, 5) is 22.3. The first-order valence-electron chi connectivity index (χ1n) is 6.05. The Kier molecular flexibility index (Phi) is 4.15. The van der Waals surface area contributed by atoms with Gasteiger partial charge in [-0.1, -0.05) is 6.92 Å². The van der Waals surface area contributed by atoms with Crippen molar-refractivity contribution in [3.05, 3.63) is 36.5 Å². The number of hydrogen-bond acceptors (Lipinski definition) is 4. The Morgan fingerprint density at radius 3 is 2.48 bits per heavy atom. The molecule has 5 nitrogen and oxygen atoms in total. The van der Waals surface area contributed by atoms with Crippen molar-refractivity contribution < 1.29 is 18.0 Å². The number of carbonyl (C=O) groups excluding carboxylic acids is 1. The van der Waals surface area contributed by atoms with Crippen molar-refractivity contribution in [3.63, 3.8) is 0 Å². The Bertz CT molecular complexity index is 644. The van der Waals surface area contributed by atoms with Gasteiger partial charge in [0.1, 0.15) is 6.33 Å². The van der Waals surface area contributed by atoms with Crippen molar-refractivity contribution in [3.8, 4) is 11.3 Å². The molecule has 0 bridgehead atoms. The van der Waals surface area contributed by atoms with Gasteiger partial charge < -0.3 is 5.32 Å². The highest BCUT2D eigenvalue weighted by Crippen LogP contribution is 2.34. The first-order valence-corrected chi connectivity index (χ1v) is 6.05. The molecule has 0 spiro atoms. The summed E-state index contributed by atoms with van der Waals surface area (Å²) in [7, 11) is 0. The lowest BCUT2D eigenvalue weighted by molar-refractivity contribution is -0.140. The number of alkyl halides is 3. The molecule has 2 aromatic rings. The first-order chi connectivity index (χ1) is 9.91. The standard InChI is InChI=1S/C13H11F3N4O/c1-2-11(21)19-10-4-3-9(8-5-17-7-18-6-8)20-12(10)13(14,15)16/h3-7H,2H2,1H3,(H,19,21). The average molecular weight is 296 g/mol.